The molecule has 0 saturated carbocycles. The van der Waals surface area contributed by atoms with Crippen LogP contribution < -0.4 is 9.62 Å². The van der Waals surface area contributed by atoms with Crippen molar-refractivity contribution in [3.05, 3.63) is 59.2 Å². The molecule has 1 atom stereocenters. The Kier molecular flexibility index (Phi) is 4.67. The van der Waals surface area contributed by atoms with Gasteiger partial charge in [0.25, 0.3) is 0 Å². The first-order chi connectivity index (χ1) is 11.8. The van der Waals surface area contributed by atoms with Crippen molar-refractivity contribution < 1.29 is 13.2 Å². The number of anilines is 1. The number of hydrogen-bond donors (Lipinski definition) is 1. The molecule has 1 aliphatic heterocycles. The van der Waals surface area contributed by atoms with E-state index in [0.717, 1.165) is 22.4 Å². The predicted molar refractivity (Wildman–Crippen MR) is 98.2 cm³/mol. The van der Waals surface area contributed by atoms with Gasteiger partial charge in [-0.2, -0.15) is 4.72 Å². The summed E-state index contributed by atoms with van der Waals surface area (Å²) in [5.41, 5.74) is 4.06. The van der Waals surface area contributed by atoms with E-state index < -0.39 is 16.1 Å². The zero-order valence-electron chi connectivity index (χ0n) is 14.6. The van der Waals surface area contributed by atoms with Gasteiger partial charge in [0.15, 0.2) is 0 Å². The number of nitrogens with one attached hydrogen (secondary N) is 1. The van der Waals surface area contributed by atoms with E-state index in [1.54, 1.807) is 29.2 Å². The molecule has 1 amide bonds. The summed E-state index contributed by atoms with van der Waals surface area (Å²) < 4.78 is 27.6. The first-order valence-electron chi connectivity index (χ1n) is 8.25. The van der Waals surface area contributed by atoms with Gasteiger partial charge in [0, 0.05) is 12.2 Å². The van der Waals surface area contributed by atoms with Crippen LogP contribution in [-0.2, 0) is 14.8 Å². The average Bonchev–Trinajstić information content (AvgIpc) is 2.91. The quantitative estimate of drug-likeness (QED) is 0.914. The Morgan fingerprint density at radius 3 is 2.32 bits per heavy atom. The number of nitrogens with zero attached hydrogens (tertiary/aromatic N) is 1. The Balaban J connectivity index is 1.77. The van der Waals surface area contributed by atoms with Crippen LogP contribution in [0.15, 0.2) is 47.4 Å². The van der Waals surface area contributed by atoms with Crippen LogP contribution in [0.25, 0.3) is 0 Å². The molecule has 1 heterocycles. The largest absolute Gasteiger partial charge is 0.311 e. The standard InChI is InChI=1S/C19H22N2O3S/c1-13-4-8-17(9-5-13)25(23,24)20-18-10-11-21(19(18)22)16-7-6-14(2)15(3)12-16/h4-9,12,18,20H,10-11H2,1-3H3/t18-/m0/s1. The lowest BCUT2D eigenvalue weighted by molar-refractivity contribution is -0.118. The number of sulfonamides is 1. The fourth-order valence-electron chi connectivity index (χ4n) is 2.91. The van der Waals surface area contributed by atoms with E-state index in [9.17, 15) is 13.2 Å². The van der Waals surface area contributed by atoms with Crippen molar-refractivity contribution in [2.24, 2.45) is 0 Å². The molecular formula is C19H22N2O3S. The third-order valence-corrected chi connectivity index (χ3v) is 6.12. The second kappa shape index (κ2) is 6.61. The lowest BCUT2D eigenvalue weighted by atomic mass is 10.1. The summed E-state index contributed by atoms with van der Waals surface area (Å²) in [6, 6.07) is 11.7. The minimum atomic E-state index is -3.71. The lowest BCUT2D eigenvalue weighted by Crippen LogP contribution is -2.41. The van der Waals surface area contributed by atoms with Crippen LogP contribution in [0.4, 0.5) is 5.69 Å². The summed E-state index contributed by atoms with van der Waals surface area (Å²) >= 11 is 0. The highest BCUT2D eigenvalue weighted by Gasteiger charge is 2.35. The maximum Gasteiger partial charge on any atom is 0.245 e. The van der Waals surface area contributed by atoms with E-state index in [1.165, 1.54) is 0 Å². The second-order valence-corrected chi connectivity index (χ2v) is 8.25. The predicted octanol–water partition coefficient (Wildman–Crippen LogP) is 2.70. The van der Waals surface area contributed by atoms with Gasteiger partial charge in [-0.25, -0.2) is 8.42 Å². The van der Waals surface area contributed by atoms with Crippen LogP contribution in [0, 0.1) is 20.8 Å². The van der Waals surface area contributed by atoms with Crippen LogP contribution in [-0.4, -0.2) is 26.9 Å². The minimum Gasteiger partial charge on any atom is -0.311 e. The molecule has 0 aromatic heterocycles. The van der Waals surface area contributed by atoms with Gasteiger partial charge < -0.3 is 4.90 Å². The summed E-state index contributed by atoms with van der Waals surface area (Å²) in [4.78, 5) is 14.5. The van der Waals surface area contributed by atoms with Gasteiger partial charge >= 0.3 is 0 Å². The van der Waals surface area contributed by atoms with E-state index >= 15 is 0 Å². The molecule has 0 radical (unpaired) electrons. The SMILES string of the molecule is Cc1ccc(S(=O)(=O)N[C@H]2CCN(c3ccc(C)c(C)c3)C2=O)cc1. The number of aryl methyl sites for hydroxylation is 3. The van der Waals surface area contributed by atoms with E-state index in [2.05, 4.69) is 4.72 Å². The number of rotatable bonds is 4. The molecule has 1 saturated heterocycles. The molecule has 1 aliphatic rings. The normalized spacial score (nSPS) is 18.0. The number of benzene rings is 2. The molecule has 0 bridgehead atoms. The van der Waals surface area contributed by atoms with E-state index in [-0.39, 0.29) is 10.8 Å². The van der Waals surface area contributed by atoms with Gasteiger partial charge in [-0.15, -0.1) is 0 Å². The van der Waals surface area contributed by atoms with E-state index in [0.29, 0.717) is 13.0 Å². The van der Waals surface area contributed by atoms with E-state index in [1.807, 2.05) is 39.0 Å². The molecule has 6 heteroatoms. The average molecular weight is 358 g/mol. The molecule has 0 aliphatic carbocycles. The smallest absolute Gasteiger partial charge is 0.245 e. The first kappa shape index (κ1) is 17.6. The van der Waals surface area contributed by atoms with Gasteiger partial charge in [0.2, 0.25) is 15.9 Å². The summed E-state index contributed by atoms with van der Waals surface area (Å²) in [6.45, 7) is 6.41. The fraction of sp³-hybridized carbons (Fsp3) is 0.316. The molecule has 0 unspecified atom stereocenters. The van der Waals surface area contributed by atoms with Crippen molar-refractivity contribution >= 4 is 21.6 Å². The van der Waals surface area contributed by atoms with Crippen molar-refractivity contribution in [2.45, 2.75) is 38.1 Å². The molecule has 3 rings (SSSR count). The number of carbonyl (C=O) groups excluding carboxylic acids is 1. The van der Waals surface area contributed by atoms with Crippen molar-refractivity contribution in [3.63, 3.8) is 0 Å². The molecule has 132 valence electrons. The zero-order chi connectivity index (χ0) is 18.2. The first-order valence-corrected chi connectivity index (χ1v) is 9.74. The molecular weight excluding hydrogens is 336 g/mol. The van der Waals surface area contributed by atoms with Crippen molar-refractivity contribution in [3.8, 4) is 0 Å². The number of hydrogen-bond acceptors (Lipinski definition) is 3. The maximum absolute atomic E-state index is 12.7. The monoisotopic (exact) mass is 358 g/mol. The molecule has 1 fully saturated rings. The zero-order valence-corrected chi connectivity index (χ0v) is 15.4. The van der Waals surface area contributed by atoms with Crippen LogP contribution in [0.1, 0.15) is 23.1 Å². The number of carbonyl (C=O) groups is 1. The fourth-order valence-corrected chi connectivity index (χ4v) is 4.14. The summed E-state index contributed by atoms with van der Waals surface area (Å²) in [5, 5.41) is 0. The minimum absolute atomic E-state index is 0.176. The van der Waals surface area contributed by atoms with Crippen LogP contribution >= 0.6 is 0 Å². The van der Waals surface area contributed by atoms with Gasteiger partial charge in [-0.3, -0.25) is 4.79 Å². The maximum atomic E-state index is 12.7. The molecule has 1 N–H and O–H groups in total. The van der Waals surface area contributed by atoms with Crippen molar-refractivity contribution in [1.29, 1.82) is 0 Å². The summed E-state index contributed by atoms with van der Waals surface area (Å²) in [5.74, 6) is -0.209. The van der Waals surface area contributed by atoms with Crippen LogP contribution in [0.3, 0.4) is 0 Å². The molecule has 2 aromatic rings. The highest BCUT2D eigenvalue weighted by molar-refractivity contribution is 7.89. The second-order valence-electron chi connectivity index (χ2n) is 6.53. The number of amides is 1. The highest BCUT2D eigenvalue weighted by Crippen LogP contribution is 2.25. The van der Waals surface area contributed by atoms with Crippen molar-refractivity contribution in [1.82, 2.24) is 4.72 Å². The van der Waals surface area contributed by atoms with Crippen LogP contribution in [0.2, 0.25) is 0 Å². The Labute approximate surface area is 148 Å². The Hall–Kier alpha value is -2.18. The van der Waals surface area contributed by atoms with Gasteiger partial charge in [-0.05, 0) is 62.6 Å². The van der Waals surface area contributed by atoms with Gasteiger partial charge in [-0.1, -0.05) is 23.8 Å². The summed E-state index contributed by atoms with van der Waals surface area (Å²) in [6.07, 6.45) is 0.455. The third-order valence-electron chi connectivity index (χ3n) is 4.64. The Morgan fingerprint density at radius 1 is 1.00 bits per heavy atom. The summed E-state index contributed by atoms with van der Waals surface area (Å²) in [7, 11) is -3.71. The highest BCUT2D eigenvalue weighted by atomic mass is 32.2. The topological polar surface area (TPSA) is 66.5 Å². The molecule has 0 spiro atoms. The van der Waals surface area contributed by atoms with Crippen LogP contribution in [0.5, 0.6) is 0 Å². The molecule has 5 nitrogen and oxygen atoms in total. The third kappa shape index (κ3) is 3.60. The van der Waals surface area contributed by atoms with Gasteiger partial charge in [0.05, 0.1) is 4.90 Å². The van der Waals surface area contributed by atoms with E-state index in [4.69, 9.17) is 0 Å². The van der Waals surface area contributed by atoms with Crippen molar-refractivity contribution in [2.75, 3.05) is 11.4 Å². The lowest BCUT2D eigenvalue weighted by Gasteiger charge is -2.18. The Bertz CT molecular complexity index is 905. The van der Waals surface area contributed by atoms with Gasteiger partial charge in [0.1, 0.15) is 6.04 Å². The Morgan fingerprint density at radius 2 is 1.68 bits per heavy atom. The molecule has 25 heavy (non-hydrogen) atoms. The molecule has 2 aromatic carbocycles.